The Balaban J connectivity index is 1.66. The van der Waals surface area contributed by atoms with E-state index in [4.69, 9.17) is 4.42 Å². The van der Waals surface area contributed by atoms with E-state index in [0.717, 1.165) is 38.3 Å². The number of rotatable bonds is 4. The molecule has 0 saturated carbocycles. The Hall–Kier alpha value is -2.21. The first-order valence-corrected chi connectivity index (χ1v) is 8.04. The zero-order valence-corrected chi connectivity index (χ0v) is 13.7. The van der Waals surface area contributed by atoms with Crippen LogP contribution >= 0.6 is 0 Å². The van der Waals surface area contributed by atoms with Gasteiger partial charge in [-0.15, -0.1) is 0 Å². The van der Waals surface area contributed by atoms with Crippen molar-refractivity contribution < 1.29 is 9.21 Å². The van der Waals surface area contributed by atoms with Crippen LogP contribution < -0.4 is 0 Å². The van der Waals surface area contributed by atoms with Gasteiger partial charge in [-0.2, -0.15) is 0 Å². The maximum absolute atomic E-state index is 12.5. The van der Waals surface area contributed by atoms with E-state index >= 15 is 0 Å². The molecule has 2 aromatic heterocycles. The summed E-state index contributed by atoms with van der Waals surface area (Å²) in [5.74, 6) is 1.34. The number of piperazine rings is 1. The monoisotopic (exact) mass is 314 g/mol. The molecule has 3 rings (SSSR count). The highest BCUT2D eigenvalue weighted by Crippen LogP contribution is 2.21. The van der Waals surface area contributed by atoms with Gasteiger partial charge in [-0.25, -0.2) is 4.98 Å². The molecule has 3 heterocycles. The minimum atomic E-state index is 0.120. The lowest BCUT2D eigenvalue weighted by Crippen LogP contribution is -2.48. The van der Waals surface area contributed by atoms with Gasteiger partial charge in [0.1, 0.15) is 5.76 Å². The Morgan fingerprint density at radius 1 is 1.30 bits per heavy atom. The number of oxazole rings is 1. The lowest BCUT2D eigenvalue weighted by atomic mass is 10.2. The number of nitrogens with zero attached hydrogens (tertiary/aromatic N) is 4. The molecule has 1 aliphatic rings. The van der Waals surface area contributed by atoms with Crippen LogP contribution in [0.5, 0.6) is 0 Å². The van der Waals surface area contributed by atoms with Crippen molar-refractivity contribution in [3.63, 3.8) is 0 Å². The molecule has 1 saturated heterocycles. The van der Waals surface area contributed by atoms with Gasteiger partial charge in [-0.05, 0) is 25.6 Å². The second kappa shape index (κ2) is 6.91. The lowest BCUT2D eigenvalue weighted by molar-refractivity contribution is -0.132. The second-order valence-electron chi connectivity index (χ2n) is 5.76. The number of carbonyl (C=O) groups excluding carboxylic acids is 1. The topological polar surface area (TPSA) is 62.5 Å². The van der Waals surface area contributed by atoms with Crippen molar-refractivity contribution in [1.29, 1.82) is 0 Å². The molecule has 0 bridgehead atoms. The summed E-state index contributed by atoms with van der Waals surface area (Å²) in [6, 6.07) is 3.74. The molecule has 0 aliphatic carbocycles. The quantitative estimate of drug-likeness (QED) is 0.860. The van der Waals surface area contributed by atoms with Gasteiger partial charge in [0.15, 0.2) is 0 Å². The van der Waals surface area contributed by atoms with E-state index in [9.17, 15) is 4.79 Å². The molecule has 122 valence electrons. The Morgan fingerprint density at radius 3 is 2.74 bits per heavy atom. The smallest absolute Gasteiger partial charge is 0.228 e. The highest BCUT2D eigenvalue weighted by Gasteiger charge is 2.22. The predicted octanol–water partition coefficient (Wildman–Crippen LogP) is 1.75. The van der Waals surface area contributed by atoms with Crippen LogP contribution in [0.2, 0.25) is 0 Å². The number of likely N-dealkylation sites (N-methyl/N-ethyl adjacent to an activating group) is 1. The minimum Gasteiger partial charge on any atom is -0.441 e. The fourth-order valence-corrected chi connectivity index (χ4v) is 2.77. The molecule has 0 unspecified atom stereocenters. The average Bonchev–Trinajstić information content (AvgIpc) is 2.96. The molecular formula is C17H22N4O2. The molecule has 0 atom stereocenters. The van der Waals surface area contributed by atoms with E-state index in [2.05, 4.69) is 21.8 Å². The molecule has 1 aliphatic heterocycles. The molecule has 0 aromatic carbocycles. The van der Waals surface area contributed by atoms with Crippen molar-refractivity contribution in [2.45, 2.75) is 20.3 Å². The van der Waals surface area contributed by atoms with Crippen molar-refractivity contribution in [2.24, 2.45) is 0 Å². The van der Waals surface area contributed by atoms with Gasteiger partial charge in [0.2, 0.25) is 11.8 Å². The van der Waals surface area contributed by atoms with Gasteiger partial charge in [-0.1, -0.05) is 6.92 Å². The van der Waals surface area contributed by atoms with Crippen molar-refractivity contribution in [1.82, 2.24) is 19.8 Å². The van der Waals surface area contributed by atoms with Crippen LogP contribution in [0, 0.1) is 6.92 Å². The summed E-state index contributed by atoms with van der Waals surface area (Å²) >= 11 is 0. The van der Waals surface area contributed by atoms with E-state index in [0.29, 0.717) is 23.8 Å². The third-order valence-corrected chi connectivity index (χ3v) is 4.29. The number of hydrogen-bond donors (Lipinski definition) is 0. The highest BCUT2D eigenvalue weighted by atomic mass is 16.4. The number of amides is 1. The van der Waals surface area contributed by atoms with Crippen molar-refractivity contribution in [3.05, 3.63) is 36.0 Å². The molecule has 2 aromatic rings. The molecule has 0 spiro atoms. The van der Waals surface area contributed by atoms with E-state index in [1.807, 2.05) is 24.0 Å². The first-order valence-electron chi connectivity index (χ1n) is 8.04. The molecule has 6 heteroatoms. The largest absolute Gasteiger partial charge is 0.441 e. The van der Waals surface area contributed by atoms with E-state index in [1.54, 1.807) is 12.4 Å². The highest BCUT2D eigenvalue weighted by molar-refractivity contribution is 5.78. The molecule has 1 fully saturated rings. The summed E-state index contributed by atoms with van der Waals surface area (Å²) < 4.78 is 5.69. The molecule has 0 radical (unpaired) electrons. The van der Waals surface area contributed by atoms with Gasteiger partial charge in [0.05, 0.1) is 17.7 Å². The summed E-state index contributed by atoms with van der Waals surface area (Å²) in [6.07, 6.45) is 3.71. The van der Waals surface area contributed by atoms with Crippen LogP contribution in [0.3, 0.4) is 0 Å². The number of aromatic nitrogens is 2. The molecule has 1 amide bonds. The zero-order chi connectivity index (χ0) is 16.2. The first-order chi connectivity index (χ1) is 11.2. The van der Waals surface area contributed by atoms with Gasteiger partial charge < -0.3 is 14.2 Å². The number of hydrogen-bond acceptors (Lipinski definition) is 5. The van der Waals surface area contributed by atoms with Gasteiger partial charge in [0, 0.05) is 38.6 Å². The summed E-state index contributed by atoms with van der Waals surface area (Å²) in [6.45, 7) is 8.51. The summed E-state index contributed by atoms with van der Waals surface area (Å²) in [5, 5.41) is 0. The minimum absolute atomic E-state index is 0.120. The van der Waals surface area contributed by atoms with Crippen molar-refractivity contribution in [2.75, 3.05) is 32.7 Å². The van der Waals surface area contributed by atoms with E-state index in [-0.39, 0.29) is 5.91 Å². The Labute approximate surface area is 136 Å². The van der Waals surface area contributed by atoms with E-state index in [1.165, 1.54) is 0 Å². The fourth-order valence-electron chi connectivity index (χ4n) is 2.77. The van der Waals surface area contributed by atoms with Crippen LogP contribution in [0.4, 0.5) is 0 Å². The fraction of sp³-hybridized carbons (Fsp3) is 0.471. The molecule has 23 heavy (non-hydrogen) atoms. The van der Waals surface area contributed by atoms with Gasteiger partial charge in [0.25, 0.3) is 0 Å². The van der Waals surface area contributed by atoms with Crippen LogP contribution in [-0.4, -0.2) is 58.4 Å². The number of carbonyl (C=O) groups is 1. The third-order valence-electron chi connectivity index (χ3n) is 4.29. The molecule has 0 N–H and O–H groups in total. The van der Waals surface area contributed by atoms with Gasteiger partial charge >= 0.3 is 0 Å². The predicted molar refractivity (Wildman–Crippen MR) is 86.9 cm³/mol. The van der Waals surface area contributed by atoms with Crippen LogP contribution in [0.1, 0.15) is 18.4 Å². The molecular weight excluding hydrogens is 292 g/mol. The normalized spacial score (nSPS) is 15.8. The maximum atomic E-state index is 12.5. The van der Waals surface area contributed by atoms with Crippen molar-refractivity contribution >= 4 is 5.91 Å². The Bertz CT molecular complexity index is 660. The molecule has 6 nitrogen and oxygen atoms in total. The standard InChI is InChI=1S/C17H22N4O2/c1-3-20-7-9-21(10-8-20)16(22)11-15-13(2)23-17(19-15)14-5-4-6-18-12-14/h4-6,12H,3,7-11H2,1-2H3. The van der Waals surface area contributed by atoms with Crippen LogP contribution in [0.25, 0.3) is 11.5 Å². The van der Waals surface area contributed by atoms with Crippen molar-refractivity contribution in [3.8, 4) is 11.5 Å². The number of aryl methyl sites for hydroxylation is 1. The third kappa shape index (κ3) is 3.59. The Kier molecular flexibility index (Phi) is 4.71. The zero-order valence-electron chi connectivity index (χ0n) is 13.7. The maximum Gasteiger partial charge on any atom is 0.228 e. The van der Waals surface area contributed by atoms with E-state index < -0.39 is 0 Å². The SMILES string of the molecule is CCN1CCN(C(=O)Cc2nc(-c3cccnc3)oc2C)CC1. The average molecular weight is 314 g/mol. The Morgan fingerprint density at radius 2 is 2.09 bits per heavy atom. The lowest BCUT2D eigenvalue weighted by Gasteiger charge is -2.34. The van der Waals surface area contributed by atoms with Gasteiger partial charge in [-0.3, -0.25) is 9.78 Å². The second-order valence-corrected chi connectivity index (χ2v) is 5.76. The summed E-state index contributed by atoms with van der Waals surface area (Å²) in [5.41, 5.74) is 1.54. The summed E-state index contributed by atoms with van der Waals surface area (Å²) in [4.78, 5) is 25.3. The van der Waals surface area contributed by atoms with Crippen LogP contribution in [-0.2, 0) is 11.2 Å². The first kappa shape index (κ1) is 15.7. The number of pyridine rings is 1. The van der Waals surface area contributed by atoms with Crippen LogP contribution in [0.15, 0.2) is 28.9 Å². The summed E-state index contributed by atoms with van der Waals surface area (Å²) in [7, 11) is 0.